The highest BCUT2D eigenvalue weighted by Gasteiger charge is 2.08. The lowest BCUT2D eigenvalue weighted by Gasteiger charge is -2.07. The molecule has 0 amide bonds. The smallest absolute Gasteiger partial charge is 0.337 e. The molecule has 2 rings (SSSR count). The predicted molar refractivity (Wildman–Crippen MR) is 70.7 cm³/mol. The summed E-state index contributed by atoms with van der Waals surface area (Å²) in [5.41, 5.74) is 1.52. The summed E-state index contributed by atoms with van der Waals surface area (Å²) < 4.78 is 0. The molecule has 0 atom stereocenters. The van der Waals surface area contributed by atoms with Gasteiger partial charge in [0.15, 0.2) is 0 Å². The van der Waals surface area contributed by atoms with Gasteiger partial charge in [0.1, 0.15) is 5.82 Å². The van der Waals surface area contributed by atoms with E-state index in [1.165, 1.54) is 6.07 Å². The highest BCUT2D eigenvalue weighted by Crippen LogP contribution is 2.18. The molecular weight excluding hydrogens is 252 g/mol. The van der Waals surface area contributed by atoms with Crippen LogP contribution in [0.15, 0.2) is 36.4 Å². The average molecular weight is 263 g/mol. The van der Waals surface area contributed by atoms with Crippen molar-refractivity contribution in [2.75, 3.05) is 5.32 Å². The van der Waals surface area contributed by atoms with E-state index in [0.29, 0.717) is 16.5 Å². The Morgan fingerprint density at radius 1 is 1.22 bits per heavy atom. The highest BCUT2D eigenvalue weighted by atomic mass is 35.5. The van der Waals surface area contributed by atoms with Gasteiger partial charge >= 0.3 is 5.97 Å². The van der Waals surface area contributed by atoms with Crippen molar-refractivity contribution in [3.05, 3.63) is 52.7 Å². The third kappa shape index (κ3) is 2.78. The number of pyridine rings is 1. The van der Waals surface area contributed by atoms with Gasteiger partial charge in [0.2, 0.25) is 0 Å². The van der Waals surface area contributed by atoms with E-state index < -0.39 is 5.97 Å². The van der Waals surface area contributed by atoms with Crippen LogP contribution in [-0.2, 0) is 0 Å². The second kappa shape index (κ2) is 5.06. The van der Waals surface area contributed by atoms with E-state index in [9.17, 15) is 4.79 Å². The molecule has 0 aliphatic rings. The van der Waals surface area contributed by atoms with Gasteiger partial charge in [-0.1, -0.05) is 11.6 Å². The van der Waals surface area contributed by atoms with Crippen molar-refractivity contribution < 1.29 is 9.90 Å². The van der Waals surface area contributed by atoms with Crippen molar-refractivity contribution in [2.24, 2.45) is 0 Å². The zero-order valence-electron chi connectivity index (χ0n) is 9.64. The molecule has 0 fully saturated rings. The first-order chi connectivity index (χ1) is 8.56. The van der Waals surface area contributed by atoms with Gasteiger partial charge in [0.25, 0.3) is 0 Å². The fraction of sp³-hybridized carbons (Fsp3) is 0.0769. The number of carboxylic acids is 1. The van der Waals surface area contributed by atoms with Crippen LogP contribution in [0.5, 0.6) is 0 Å². The Kier molecular flexibility index (Phi) is 3.48. The van der Waals surface area contributed by atoms with Gasteiger partial charge < -0.3 is 10.4 Å². The Balaban J connectivity index is 2.22. The lowest BCUT2D eigenvalue weighted by atomic mass is 10.2. The molecule has 0 bridgehead atoms. The molecule has 0 saturated heterocycles. The summed E-state index contributed by atoms with van der Waals surface area (Å²) in [5.74, 6) is -0.377. The summed E-state index contributed by atoms with van der Waals surface area (Å²) in [6, 6.07) is 10.3. The number of anilines is 2. The number of nitrogens with zero attached hydrogens (tertiary/aromatic N) is 1. The molecule has 92 valence electrons. The topological polar surface area (TPSA) is 62.2 Å². The van der Waals surface area contributed by atoms with E-state index in [-0.39, 0.29) is 5.56 Å². The number of hydrogen-bond donors (Lipinski definition) is 2. The molecule has 18 heavy (non-hydrogen) atoms. The van der Waals surface area contributed by atoms with Crippen molar-refractivity contribution >= 4 is 29.1 Å². The van der Waals surface area contributed by atoms with Crippen molar-refractivity contribution in [1.82, 2.24) is 4.98 Å². The summed E-state index contributed by atoms with van der Waals surface area (Å²) in [4.78, 5) is 15.0. The van der Waals surface area contributed by atoms with Crippen LogP contribution in [0.3, 0.4) is 0 Å². The Labute approximate surface area is 109 Å². The van der Waals surface area contributed by atoms with E-state index >= 15 is 0 Å². The molecule has 0 saturated carbocycles. The van der Waals surface area contributed by atoms with Crippen LogP contribution >= 0.6 is 11.6 Å². The number of benzene rings is 1. The molecule has 1 aromatic heterocycles. The monoisotopic (exact) mass is 262 g/mol. The summed E-state index contributed by atoms with van der Waals surface area (Å²) in [5, 5.41) is 12.6. The molecular formula is C13H11ClN2O2. The van der Waals surface area contributed by atoms with Crippen LogP contribution in [0.25, 0.3) is 0 Å². The van der Waals surface area contributed by atoms with E-state index in [4.69, 9.17) is 16.7 Å². The molecule has 2 aromatic rings. The fourth-order valence-corrected chi connectivity index (χ4v) is 1.66. The first-order valence-corrected chi connectivity index (χ1v) is 5.67. The Bertz CT molecular complexity index is 582. The normalized spacial score (nSPS) is 10.1. The number of carbonyl (C=O) groups is 1. The number of nitrogens with one attached hydrogen (secondary N) is 1. The lowest BCUT2D eigenvalue weighted by Crippen LogP contribution is -2.03. The molecule has 0 aliphatic carbocycles. The number of halogens is 1. The van der Waals surface area contributed by atoms with Crippen molar-refractivity contribution in [3.8, 4) is 0 Å². The van der Waals surface area contributed by atoms with Gasteiger partial charge in [-0.3, -0.25) is 0 Å². The largest absolute Gasteiger partial charge is 0.478 e. The number of aromatic nitrogens is 1. The minimum absolute atomic E-state index is 0.205. The third-order valence-corrected chi connectivity index (χ3v) is 2.68. The van der Waals surface area contributed by atoms with Gasteiger partial charge in [-0.05, 0) is 43.3 Å². The van der Waals surface area contributed by atoms with Crippen LogP contribution < -0.4 is 5.32 Å². The number of hydrogen-bond acceptors (Lipinski definition) is 3. The van der Waals surface area contributed by atoms with Crippen molar-refractivity contribution in [3.63, 3.8) is 0 Å². The Hall–Kier alpha value is -2.07. The third-order valence-electron chi connectivity index (χ3n) is 2.43. The van der Waals surface area contributed by atoms with Crippen molar-refractivity contribution in [1.29, 1.82) is 0 Å². The van der Waals surface area contributed by atoms with Gasteiger partial charge in [-0.15, -0.1) is 0 Å². The van der Waals surface area contributed by atoms with Crippen LogP contribution in [0.4, 0.5) is 11.5 Å². The van der Waals surface area contributed by atoms with Crippen molar-refractivity contribution in [2.45, 2.75) is 6.92 Å². The van der Waals surface area contributed by atoms with Crippen LogP contribution in [0.2, 0.25) is 5.02 Å². The van der Waals surface area contributed by atoms with Crippen LogP contribution in [0.1, 0.15) is 16.1 Å². The summed E-state index contributed by atoms with van der Waals surface area (Å²) >= 11 is 5.79. The SMILES string of the molecule is Cc1nc(Nc2ccc(Cl)cc2)ccc1C(=O)O. The minimum atomic E-state index is -0.974. The molecule has 0 spiro atoms. The second-order valence-electron chi connectivity index (χ2n) is 3.77. The number of carboxylic acid groups (broad SMARTS) is 1. The molecule has 0 unspecified atom stereocenters. The molecule has 0 aliphatic heterocycles. The second-order valence-corrected chi connectivity index (χ2v) is 4.20. The highest BCUT2D eigenvalue weighted by molar-refractivity contribution is 6.30. The minimum Gasteiger partial charge on any atom is -0.478 e. The zero-order chi connectivity index (χ0) is 13.1. The molecule has 0 radical (unpaired) electrons. The summed E-state index contributed by atoms with van der Waals surface area (Å²) in [6.07, 6.45) is 0. The number of rotatable bonds is 3. The summed E-state index contributed by atoms with van der Waals surface area (Å²) in [7, 11) is 0. The van der Waals surface area contributed by atoms with Gasteiger partial charge in [0.05, 0.1) is 11.3 Å². The van der Waals surface area contributed by atoms with E-state index in [2.05, 4.69) is 10.3 Å². The first kappa shape index (κ1) is 12.4. The molecule has 5 heteroatoms. The molecule has 2 N–H and O–H groups in total. The van der Waals surface area contributed by atoms with E-state index in [0.717, 1.165) is 5.69 Å². The quantitative estimate of drug-likeness (QED) is 0.889. The fourth-order valence-electron chi connectivity index (χ4n) is 1.54. The number of aromatic carboxylic acids is 1. The van der Waals surface area contributed by atoms with Gasteiger partial charge in [-0.25, -0.2) is 9.78 Å². The Morgan fingerprint density at radius 2 is 1.89 bits per heavy atom. The zero-order valence-corrected chi connectivity index (χ0v) is 10.4. The van der Waals surface area contributed by atoms with Gasteiger partial charge in [-0.2, -0.15) is 0 Å². The predicted octanol–water partition coefficient (Wildman–Crippen LogP) is 3.49. The molecule has 4 nitrogen and oxygen atoms in total. The maximum Gasteiger partial charge on any atom is 0.337 e. The molecule has 1 heterocycles. The average Bonchev–Trinajstić information content (AvgIpc) is 2.32. The van der Waals surface area contributed by atoms with E-state index in [1.54, 1.807) is 25.1 Å². The van der Waals surface area contributed by atoms with Crippen LogP contribution in [0, 0.1) is 6.92 Å². The summed E-state index contributed by atoms with van der Waals surface area (Å²) in [6.45, 7) is 1.66. The Morgan fingerprint density at radius 3 is 2.44 bits per heavy atom. The first-order valence-electron chi connectivity index (χ1n) is 5.30. The lowest BCUT2D eigenvalue weighted by molar-refractivity contribution is 0.0695. The standard InChI is InChI=1S/C13H11ClN2O2/c1-8-11(13(17)18)6-7-12(15-8)16-10-4-2-9(14)3-5-10/h2-7H,1H3,(H,15,16)(H,17,18). The van der Waals surface area contributed by atoms with E-state index in [1.807, 2.05) is 12.1 Å². The van der Waals surface area contributed by atoms with Gasteiger partial charge in [0, 0.05) is 10.7 Å². The number of aryl methyl sites for hydroxylation is 1. The maximum absolute atomic E-state index is 10.9. The van der Waals surface area contributed by atoms with Crippen LogP contribution in [-0.4, -0.2) is 16.1 Å². The molecule has 1 aromatic carbocycles. The maximum atomic E-state index is 10.9.